The van der Waals surface area contributed by atoms with Crippen LogP contribution in [0.5, 0.6) is 0 Å². The summed E-state index contributed by atoms with van der Waals surface area (Å²) in [6, 6.07) is 0. The number of aliphatic carboxylic acids is 1. The van der Waals surface area contributed by atoms with E-state index in [1.807, 2.05) is 27.7 Å². The lowest BCUT2D eigenvalue weighted by Crippen LogP contribution is -2.43. The number of hydrogen-bond donors (Lipinski definition) is 2. The van der Waals surface area contributed by atoms with Crippen LogP contribution in [0.3, 0.4) is 0 Å². The summed E-state index contributed by atoms with van der Waals surface area (Å²) in [5.41, 5.74) is -1.09. The Kier molecular flexibility index (Phi) is 6.35. The number of carboxylic acid groups (broad SMARTS) is 1. The predicted molar refractivity (Wildman–Crippen MR) is 74.5 cm³/mol. The summed E-state index contributed by atoms with van der Waals surface area (Å²) >= 11 is 0. The van der Waals surface area contributed by atoms with Crippen molar-refractivity contribution in [3.8, 4) is 0 Å². The van der Waals surface area contributed by atoms with Gasteiger partial charge in [-0.2, -0.15) is 0 Å². The maximum atomic E-state index is 11.4. The molecule has 0 fully saturated rings. The second-order valence-corrected chi connectivity index (χ2v) is 6.23. The second kappa shape index (κ2) is 6.55. The molecule has 0 heterocycles. The number of carbonyl (C=O) groups is 1. The first-order valence-corrected chi connectivity index (χ1v) is 7.08. The van der Waals surface area contributed by atoms with Gasteiger partial charge in [-0.1, -0.05) is 41.0 Å². The lowest BCUT2D eigenvalue weighted by molar-refractivity contribution is -0.152. The fourth-order valence-corrected chi connectivity index (χ4v) is 2.59. The lowest BCUT2D eigenvalue weighted by atomic mass is 9.65. The zero-order valence-electron chi connectivity index (χ0n) is 12.8. The Bertz CT molecular complexity index is 277. The number of aliphatic hydroxyl groups is 1. The molecule has 0 aromatic carbocycles. The summed E-state index contributed by atoms with van der Waals surface area (Å²) in [7, 11) is 0. The van der Waals surface area contributed by atoms with Gasteiger partial charge in [0.1, 0.15) is 0 Å². The molecule has 0 bridgehead atoms. The quantitative estimate of drug-likeness (QED) is 0.698. The lowest BCUT2D eigenvalue weighted by Gasteiger charge is -2.41. The molecule has 0 saturated heterocycles. The fourth-order valence-electron chi connectivity index (χ4n) is 2.59. The van der Waals surface area contributed by atoms with Crippen molar-refractivity contribution >= 4 is 5.97 Å². The molecule has 3 nitrogen and oxygen atoms in total. The minimum Gasteiger partial charge on any atom is -0.481 e. The van der Waals surface area contributed by atoms with Crippen LogP contribution in [-0.4, -0.2) is 22.3 Å². The molecule has 18 heavy (non-hydrogen) atoms. The van der Waals surface area contributed by atoms with E-state index in [0.29, 0.717) is 12.8 Å². The normalized spacial score (nSPS) is 21.7. The molecular formula is C15H30O3. The van der Waals surface area contributed by atoms with E-state index in [2.05, 4.69) is 6.92 Å². The summed E-state index contributed by atoms with van der Waals surface area (Å²) in [4.78, 5) is 11.4. The summed E-state index contributed by atoms with van der Waals surface area (Å²) in [6.45, 7) is 11.8. The first kappa shape index (κ1) is 17.4. The summed E-state index contributed by atoms with van der Waals surface area (Å²) in [5, 5.41) is 19.9. The van der Waals surface area contributed by atoms with E-state index in [1.165, 1.54) is 0 Å². The minimum absolute atomic E-state index is 0.199. The summed E-state index contributed by atoms with van der Waals surface area (Å²) < 4.78 is 0. The van der Waals surface area contributed by atoms with E-state index in [0.717, 1.165) is 12.8 Å². The Morgan fingerprint density at radius 1 is 1.17 bits per heavy atom. The predicted octanol–water partition coefficient (Wildman–Crippen LogP) is 3.70. The number of aliphatic hydroxyl groups excluding tert-OH is 1. The Hall–Kier alpha value is -0.570. The molecule has 0 saturated carbocycles. The van der Waals surface area contributed by atoms with Crippen LogP contribution in [0.2, 0.25) is 0 Å². The van der Waals surface area contributed by atoms with E-state index in [9.17, 15) is 15.0 Å². The van der Waals surface area contributed by atoms with Crippen LogP contribution in [0.15, 0.2) is 0 Å². The molecule has 2 N–H and O–H groups in total. The standard InChI is InChI=1S/C15H30O3/c1-7-11(4)12(16)14(5,8-2)10-15(6,9-3)13(17)18/h11-12,16H,7-10H2,1-6H3,(H,17,18). The van der Waals surface area contributed by atoms with Gasteiger partial charge < -0.3 is 10.2 Å². The van der Waals surface area contributed by atoms with Crippen LogP contribution in [-0.2, 0) is 4.79 Å². The first-order valence-electron chi connectivity index (χ1n) is 7.08. The summed E-state index contributed by atoms with van der Waals surface area (Å²) in [5.74, 6) is -0.564. The molecule has 0 amide bonds. The molecular weight excluding hydrogens is 228 g/mol. The molecule has 0 radical (unpaired) electrons. The Balaban J connectivity index is 5.12. The molecule has 0 aliphatic rings. The van der Waals surface area contributed by atoms with Gasteiger partial charge in [0.25, 0.3) is 0 Å². The highest BCUT2D eigenvalue weighted by Gasteiger charge is 2.43. The highest BCUT2D eigenvalue weighted by molar-refractivity contribution is 5.74. The Labute approximate surface area is 112 Å². The highest BCUT2D eigenvalue weighted by Crippen LogP contribution is 2.43. The number of carboxylic acids is 1. The van der Waals surface area contributed by atoms with Crippen LogP contribution in [0.4, 0.5) is 0 Å². The van der Waals surface area contributed by atoms with Crippen molar-refractivity contribution in [3.63, 3.8) is 0 Å². The van der Waals surface area contributed by atoms with Gasteiger partial charge in [0.15, 0.2) is 0 Å². The molecule has 0 aliphatic carbocycles. The topological polar surface area (TPSA) is 57.5 Å². The van der Waals surface area contributed by atoms with Crippen molar-refractivity contribution in [1.29, 1.82) is 0 Å². The maximum absolute atomic E-state index is 11.4. The van der Waals surface area contributed by atoms with E-state index in [-0.39, 0.29) is 11.3 Å². The molecule has 108 valence electrons. The minimum atomic E-state index is -0.763. The third-order valence-electron chi connectivity index (χ3n) is 4.80. The average molecular weight is 258 g/mol. The van der Waals surface area contributed by atoms with Crippen molar-refractivity contribution in [2.45, 2.75) is 73.3 Å². The molecule has 0 rings (SSSR count). The third kappa shape index (κ3) is 3.71. The smallest absolute Gasteiger partial charge is 0.309 e. The molecule has 0 aromatic rings. The van der Waals surface area contributed by atoms with E-state index >= 15 is 0 Å². The molecule has 0 aliphatic heterocycles. The molecule has 0 aromatic heterocycles. The van der Waals surface area contributed by atoms with Crippen molar-refractivity contribution in [2.24, 2.45) is 16.7 Å². The van der Waals surface area contributed by atoms with Gasteiger partial charge in [0.05, 0.1) is 11.5 Å². The fraction of sp³-hybridized carbons (Fsp3) is 0.933. The Morgan fingerprint density at radius 2 is 1.67 bits per heavy atom. The van der Waals surface area contributed by atoms with Gasteiger partial charge in [0.2, 0.25) is 0 Å². The van der Waals surface area contributed by atoms with Gasteiger partial charge in [0, 0.05) is 0 Å². The largest absolute Gasteiger partial charge is 0.481 e. The van der Waals surface area contributed by atoms with Crippen molar-refractivity contribution in [2.75, 3.05) is 0 Å². The second-order valence-electron chi connectivity index (χ2n) is 6.23. The van der Waals surface area contributed by atoms with E-state index in [4.69, 9.17) is 0 Å². The molecule has 0 spiro atoms. The first-order chi connectivity index (χ1) is 8.16. The van der Waals surface area contributed by atoms with Crippen molar-refractivity contribution < 1.29 is 15.0 Å². The third-order valence-corrected chi connectivity index (χ3v) is 4.80. The van der Waals surface area contributed by atoms with Crippen molar-refractivity contribution in [3.05, 3.63) is 0 Å². The molecule has 4 atom stereocenters. The molecule has 4 unspecified atom stereocenters. The van der Waals surface area contributed by atoms with E-state index < -0.39 is 17.5 Å². The Morgan fingerprint density at radius 3 is 1.94 bits per heavy atom. The highest BCUT2D eigenvalue weighted by atomic mass is 16.4. The van der Waals surface area contributed by atoms with Gasteiger partial charge in [-0.3, -0.25) is 4.79 Å². The van der Waals surface area contributed by atoms with Crippen LogP contribution in [0.25, 0.3) is 0 Å². The van der Waals surface area contributed by atoms with Crippen LogP contribution in [0, 0.1) is 16.7 Å². The zero-order valence-corrected chi connectivity index (χ0v) is 12.8. The van der Waals surface area contributed by atoms with Gasteiger partial charge in [-0.25, -0.2) is 0 Å². The zero-order chi connectivity index (χ0) is 14.6. The summed E-state index contributed by atoms with van der Waals surface area (Å²) in [6.07, 6.45) is 2.37. The van der Waals surface area contributed by atoms with Gasteiger partial charge in [-0.05, 0) is 37.5 Å². The van der Waals surface area contributed by atoms with Gasteiger partial charge >= 0.3 is 5.97 Å². The monoisotopic (exact) mass is 258 g/mol. The van der Waals surface area contributed by atoms with Crippen LogP contribution >= 0.6 is 0 Å². The van der Waals surface area contributed by atoms with Crippen molar-refractivity contribution in [1.82, 2.24) is 0 Å². The van der Waals surface area contributed by atoms with Crippen LogP contribution < -0.4 is 0 Å². The number of hydrogen-bond acceptors (Lipinski definition) is 2. The average Bonchev–Trinajstić information content (AvgIpc) is 2.36. The maximum Gasteiger partial charge on any atom is 0.309 e. The van der Waals surface area contributed by atoms with Crippen LogP contribution in [0.1, 0.15) is 67.2 Å². The van der Waals surface area contributed by atoms with Gasteiger partial charge in [-0.15, -0.1) is 0 Å². The number of rotatable bonds is 8. The SMILES string of the molecule is CCC(C)C(O)C(C)(CC)CC(C)(CC)C(=O)O. The molecule has 3 heteroatoms. The van der Waals surface area contributed by atoms with E-state index in [1.54, 1.807) is 6.92 Å².